The van der Waals surface area contributed by atoms with Gasteiger partial charge in [0.25, 0.3) is 0 Å². The third-order valence-electron chi connectivity index (χ3n) is 9.45. The van der Waals surface area contributed by atoms with E-state index in [1.807, 2.05) is 12.1 Å². The molecule has 10 nitrogen and oxygen atoms in total. The SMILES string of the molecule is CCc1sc(Nc2ccc(-c3nn(C4CCC(N5CCN(C)CC5)CC4)c4ncnc(N)c34)cc2)nc1-c1cccc(CN)c1. The van der Waals surface area contributed by atoms with Crippen LogP contribution in [-0.4, -0.2) is 73.8 Å². The summed E-state index contributed by atoms with van der Waals surface area (Å²) in [5.41, 5.74) is 19.2. The van der Waals surface area contributed by atoms with Crippen molar-refractivity contribution in [2.45, 2.75) is 57.7 Å². The van der Waals surface area contributed by atoms with Crippen LogP contribution in [0.2, 0.25) is 0 Å². The molecule has 3 aromatic heterocycles. The molecule has 45 heavy (non-hydrogen) atoms. The number of hydrogen-bond acceptors (Lipinski definition) is 10. The zero-order valence-corrected chi connectivity index (χ0v) is 26.9. The van der Waals surface area contributed by atoms with Gasteiger partial charge in [-0.25, -0.2) is 19.6 Å². The summed E-state index contributed by atoms with van der Waals surface area (Å²) < 4.78 is 2.12. The summed E-state index contributed by atoms with van der Waals surface area (Å²) in [6.07, 6.45) is 7.02. The summed E-state index contributed by atoms with van der Waals surface area (Å²) in [7, 11) is 2.22. The highest BCUT2D eigenvalue weighted by Crippen LogP contribution is 2.38. The van der Waals surface area contributed by atoms with E-state index in [0.29, 0.717) is 24.4 Å². The van der Waals surface area contributed by atoms with Gasteiger partial charge in [-0.2, -0.15) is 5.10 Å². The van der Waals surface area contributed by atoms with E-state index in [9.17, 15) is 0 Å². The molecule has 1 saturated carbocycles. The summed E-state index contributed by atoms with van der Waals surface area (Å²) >= 11 is 1.69. The minimum Gasteiger partial charge on any atom is -0.383 e. The number of nitrogens with two attached hydrogens (primary N) is 2. The zero-order chi connectivity index (χ0) is 30.9. The summed E-state index contributed by atoms with van der Waals surface area (Å²) in [5.74, 6) is 0.468. The Bertz CT molecular complexity index is 1760. The molecular formula is C34H42N10S. The van der Waals surface area contributed by atoms with Gasteiger partial charge >= 0.3 is 0 Å². The molecule has 1 aliphatic heterocycles. The van der Waals surface area contributed by atoms with Crippen molar-refractivity contribution in [3.63, 3.8) is 0 Å². The summed E-state index contributed by atoms with van der Waals surface area (Å²) in [5, 5.41) is 10.4. The second kappa shape index (κ2) is 12.8. The number of hydrogen-bond donors (Lipinski definition) is 3. The van der Waals surface area contributed by atoms with Crippen molar-refractivity contribution in [2.75, 3.05) is 44.3 Å². The Morgan fingerprint density at radius 2 is 1.67 bits per heavy atom. The Kier molecular flexibility index (Phi) is 8.50. The molecule has 11 heteroatoms. The molecule has 0 atom stereocenters. The first-order valence-electron chi connectivity index (χ1n) is 16.1. The van der Waals surface area contributed by atoms with Crippen molar-refractivity contribution >= 4 is 39.0 Å². The first-order chi connectivity index (χ1) is 22.0. The van der Waals surface area contributed by atoms with Crippen molar-refractivity contribution in [1.82, 2.24) is 34.5 Å². The molecule has 5 aromatic rings. The lowest BCUT2D eigenvalue weighted by atomic mass is 9.90. The van der Waals surface area contributed by atoms with Crippen LogP contribution < -0.4 is 16.8 Å². The highest BCUT2D eigenvalue weighted by Gasteiger charge is 2.30. The van der Waals surface area contributed by atoms with E-state index in [1.54, 1.807) is 17.7 Å². The molecule has 0 bridgehead atoms. The molecule has 0 amide bonds. The Labute approximate surface area is 268 Å². The van der Waals surface area contributed by atoms with E-state index in [0.717, 1.165) is 82.3 Å². The predicted octanol–water partition coefficient (Wildman–Crippen LogP) is 5.69. The number of likely N-dealkylation sites (N-methyl/N-ethyl adjacent to an activating group) is 1. The fraction of sp³-hybridized carbons (Fsp3) is 0.412. The first kappa shape index (κ1) is 29.8. The van der Waals surface area contributed by atoms with Crippen molar-refractivity contribution < 1.29 is 0 Å². The Morgan fingerprint density at radius 1 is 0.911 bits per heavy atom. The third kappa shape index (κ3) is 6.05. The number of aromatic nitrogens is 5. The van der Waals surface area contributed by atoms with Crippen LogP contribution in [0.5, 0.6) is 0 Å². The van der Waals surface area contributed by atoms with Gasteiger partial charge in [-0.15, -0.1) is 11.3 Å². The van der Waals surface area contributed by atoms with E-state index in [-0.39, 0.29) is 0 Å². The van der Waals surface area contributed by atoms with Crippen molar-refractivity contribution in [3.8, 4) is 22.5 Å². The highest BCUT2D eigenvalue weighted by molar-refractivity contribution is 7.16. The van der Waals surface area contributed by atoms with Gasteiger partial charge in [-0.05, 0) is 62.9 Å². The second-order valence-corrected chi connectivity index (χ2v) is 13.4. The number of nitrogens with zero attached hydrogens (tertiary/aromatic N) is 7. The monoisotopic (exact) mass is 622 g/mol. The molecule has 4 heterocycles. The van der Waals surface area contributed by atoms with E-state index in [2.05, 4.69) is 80.1 Å². The quantitative estimate of drug-likeness (QED) is 0.200. The van der Waals surface area contributed by atoms with Crippen LogP contribution in [0.3, 0.4) is 0 Å². The number of piperazine rings is 1. The van der Waals surface area contributed by atoms with Crippen LogP contribution in [0.4, 0.5) is 16.6 Å². The van der Waals surface area contributed by atoms with Crippen molar-refractivity contribution in [2.24, 2.45) is 5.73 Å². The van der Waals surface area contributed by atoms with Gasteiger partial charge in [0.15, 0.2) is 10.8 Å². The minimum atomic E-state index is 0.303. The fourth-order valence-electron chi connectivity index (χ4n) is 6.86. The average molecular weight is 623 g/mol. The molecular weight excluding hydrogens is 581 g/mol. The molecule has 234 valence electrons. The number of benzene rings is 2. The molecule has 2 aromatic carbocycles. The summed E-state index contributed by atoms with van der Waals surface area (Å²) in [6, 6.07) is 17.6. The van der Waals surface area contributed by atoms with Crippen LogP contribution in [0.25, 0.3) is 33.5 Å². The molecule has 1 aliphatic carbocycles. The first-order valence-corrected chi connectivity index (χ1v) is 16.9. The maximum absolute atomic E-state index is 6.45. The Morgan fingerprint density at radius 3 is 2.40 bits per heavy atom. The molecule has 2 aliphatic rings. The average Bonchev–Trinajstić information content (AvgIpc) is 3.68. The van der Waals surface area contributed by atoms with Gasteiger partial charge in [-0.1, -0.05) is 37.3 Å². The number of rotatable bonds is 8. The van der Waals surface area contributed by atoms with Gasteiger partial charge in [-0.3, -0.25) is 4.90 Å². The Hall–Kier alpha value is -3.90. The number of anilines is 3. The maximum atomic E-state index is 6.45. The van der Waals surface area contributed by atoms with E-state index < -0.39 is 0 Å². The number of nitrogen functional groups attached to an aromatic ring is 1. The Balaban J connectivity index is 1.10. The lowest BCUT2D eigenvalue weighted by Gasteiger charge is -2.41. The zero-order valence-electron chi connectivity index (χ0n) is 26.1. The van der Waals surface area contributed by atoms with Gasteiger partial charge in [0.05, 0.1) is 17.1 Å². The number of fused-ring (bicyclic) bond motifs is 1. The summed E-state index contributed by atoms with van der Waals surface area (Å²) in [4.78, 5) is 20.3. The molecule has 7 rings (SSSR count). The number of aryl methyl sites for hydroxylation is 1. The fourth-order valence-corrected chi connectivity index (χ4v) is 7.80. The number of thiazole rings is 1. The smallest absolute Gasteiger partial charge is 0.187 e. The molecule has 5 N–H and O–H groups in total. The topological polar surface area (TPSA) is 127 Å². The number of nitrogens with one attached hydrogen (secondary N) is 1. The second-order valence-electron chi connectivity index (χ2n) is 12.3. The molecule has 0 spiro atoms. The highest BCUT2D eigenvalue weighted by atomic mass is 32.1. The van der Waals surface area contributed by atoms with E-state index >= 15 is 0 Å². The van der Waals surface area contributed by atoms with E-state index in [4.69, 9.17) is 21.5 Å². The van der Waals surface area contributed by atoms with Crippen LogP contribution >= 0.6 is 11.3 Å². The van der Waals surface area contributed by atoms with Gasteiger partial charge in [0.1, 0.15) is 17.8 Å². The van der Waals surface area contributed by atoms with E-state index in [1.165, 1.54) is 30.8 Å². The molecule has 0 unspecified atom stereocenters. The minimum absolute atomic E-state index is 0.303. The largest absolute Gasteiger partial charge is 0.383 e. The van der Waals surface area contributed by atoms with Crippen LogP contribution in [0.15, 0.2) is 54.9 Å². The van der Waals surface area contributed by atoms with Crippen LogP contribution in [0.1, 0.15) is 49.1 Å². The van der Waals surface area contributed by atoms with Gasteiger partial charge in [0.2, 0.25) is 0 Å². The third-order valence-corrected chi connectivity index (χ3v) is 10.6. The summed E-state index contributed by atoms with van der Waals surface area (Å²) in [6.45, 7) is 7.33. The maximum Gasteiger partial charge on any atom is 0.187 e. The van der Waals surface area contributed by atoms with Gasteiger partial charge < -0.3 is 21.7 Å². The molecule has 0 radical (unpaired) electrons. The predicted molar refractivity (Wildman–Crippen MR) is 184 cm³/mol. The standard InChI is InChI=1S/C34H42N10S/c1-3-28-30(24-6-4-5-22(19-24)20-35)40-34(45-28)39-25-9-7-23(8-10-25)31-29-32(36)37-21-38-33(29)44(41-31)27-13-11-26(12-14-27)43-17-15-42(2)16-18-43/h4-10,19,21,26-27H,3,11-18,20,35H2,1-2H3,(H,39,40)(H2,36,37,38). The van der Waals surface area contributed by atoms with Crippen molar-refractivity contribution in [1.29, 1.82) is 0 Å². The normalized spacial score (nSPS) is 19.7. The van der Waals surface area contributed by atoms with Crippen molar-refractivity contribution in [3.05, 3.63) is 65.3 Å². The van der Waals surface area contributed by atoms with Crippen LogP contribution in [0, 0.1) is 0 Å². The lowest BCUT2D eigenvalue weighted by molar-refractivity contribution is 0.0815. The van der Waals surface area contributed by atoms with Crippen LogP contribution in [-0.2, 0) is 13.0 Å². The lowest BCUT2D eigenvalue weighted by Crippen LogP contribution is -2.49. The molecule has 2 fully saturated rings. The molecule has 1 saturated heterocycles. The van der Waals surface area contributed by atoms with Gasteiger partial charge in [0, 0.05) is 60.5 Å².